The van der Waals surface area contributed by atoms with Crippen LogP contribution >= 0.6 is 11.6 Å². The Morgan fingerprint density at radius 1 is 1.33 bits per heavy atom. The molecule has 0 saturated carbocycles. The van der Waals surface area contributed by atoms with Gasteiger partial charge in [-0.25, -0.2) is 4.79 Å². The second-order valence-electron chi connectivity index (χ2n) is 6.86. The molecule has 1 fully saturated rings. The maximum atomic E-state index is 12.2. The molecule has 1 aromatic carbocycles. The highest BCUT2D eigenvalue weighted by molar-refractivity contribution is 6.30. The molecule has 6 heteroatoms. The van der Waals surface area contributed by atoms with Gasteiger partial charge in [-0.3, -0.25) is 0 Å². The number of likely N-dealkylation sites (tertiary alicyclic amines) is 1. The van der Waals surface area contributed by atoms with Gasteiger partial charge in [0.2, 0.25) is 0 Å². The van der Waals surface area contributed by atoms with E-state index in [2.05, 4.69) is 17.1 Å². The third kappa shape index (κ3) is 4.85. The quantitative estimate of drug-likeness (QED) is 0.855. The van der Waals surface area contributed by atoms with Crippen molar-refractivity contribution >= 4 is 17.6 Å². The zero-order valence-electron chi connectivity index (χ0n) is 14.8. The van der Waals surface area contributed by atoms with Crippen LogP contribution in [0.2, 0.25) is 5.02 Å². The van der Waals surface area contributed by atoms with Gasteiger partial charge in [0.25, 0.3) is 0 Å². The van der Waals surface area contributed by atoms with Crippen molar-refractivity contribution in [2.45, 2.75) is 37.8 Å². The summed E-state index contributed by atoms with van der Waals surface area (Å²) in [6, 6.07) is 7.70. The van der Waals surface area contributed by atoms with Gasteiger partial charge in [0.05, 0.1) is 5.60 Å². The first-order chi connectivity index (χ1) is 11.3. The fourth-order valence-electron chi connectivity index (χ4n) is 2.89. The van der Waals surface area contributed by atoms with E-state index in [1.54, 1.807) is 17.0 Å². The number of piperidine rings is 1. The Morgan fingerprint density at radius 2 is 1.92 bits per heavy atom. The highest BCUT2D eigenvalue weighted by Gasteiger charge is 2.35. The molecule has 0 unspecified atom stereocenters. The van der Waals surface area contributed by atoms with Gasteiger partial charge < -0.3 is 20.2 Å². The molecule has 0 bridgehead atoms. The topological polar surface area (TPSA) is 55.8 Å². The first kappa shape index (κ1) is 19.0. The van der Waals surface area contributed by atoms with E-state index < -0.39 is 5.60 Å². The first-order valence-corrected chi connectivity index (χ1v) is 8.87. The molecule has 2 N–H and O–H groups in total. The predicted molar refractivity (Wildman–Crippen MR) is 97.3 cm³/mol. The second-order valence-corrected chi connectivity index (χ2v) is 7.30. The summed E-state index contributed by atoms with van der Waals surface area (Å²) in [5.74, 6) is 0. The molecular weight excluding hydrogens is 326 g/mol. The SMILES string of the molecule is C[C@@H](CCNC(=O)N1CCC(O)(c2ccc(Cl)cc2)CC1)N(C)C. The number of hydrogen-bond donors (Lipinski definition) is 2. The summed E-state index contributed by atoms with van der Waals surface area (Å²) in [5, 5.41) is 14.5. The van der Waals surface area contributed by atoms with E-state index in [0.717, 1.165) is 12.0 Å². The van der Waals surface area contributed by atoms with Crippen molar-refractivity contribution in [1.29, 1.82) is 0 Å². The Hall–Kier alpha value is -1.30. The lowest BCUT2D eigenvalue weighted by atomic mass is 9.84. The van der Waals surface area contributed by atoms with Crippen LogP contribution in [0, 0.1) is 0 Å². The molecule has 1 aromatic rings. The van der Waals surface area contributed by atoms with E-state index in [4.69, 9.17) is 11.6 Å². The molecule has 1 atom stereocenters. The number of halogens is 1. The monoisotopic (exact) mass is 353 g/mol. The fourth-order valence-corrected chi connectivity index (χ4v) is 3.01. The summed E-state index contributed by atoms with van der Waals surface area (Å²) in [5.41, 5.74) is -0.00682. The Kier molecular flexibility index (Phi) is 6.49. The van der Waals surface area contributed by atoms with Gasteiger partial charge in [-0.2, -0.15) is 0 Å². The molecular formula is C18H28ClN3O2. The molecule has 0 radical (unpaired) electrons. The van der Waals surface area contributed by atoms with Gasteiger partial charge in [0, 0.05) is 30.7 Å². The minimum Gasteiger partial charge on any atom is -0.385 e. The Labute approximate surface area is 149 Å². The smallest absolute Gasteiger partial charge is 0.317 e. The van der Waals surface area contributed by atoms with Crippen LogP contribution in [0.4, 0.5) is 4.79 Å². The van der Waals surface area contributed by atoms with Gasteiger partial charge in [0.15, 0.2) is 0 Å². The summed E-state index contributed by atoms with van der Waals surface area (Å²) >= 11 is 5.91. The van der Waals surface area contributed by atoms with Gasteiger partial charge in [-0.05, 0) is 58.0 Å². The molecule has 1 aliphatic heterocycles. The van der Waals surface area contributed by atoms with Gasteiger partial charge in [0.1, 0.15) is 0 Å². The predicted octanol–water partition coefficient (Wildman–Crippen LogP) is 2.67. The molecule has 1 aliphatic rings. The second kappa shape index (κ2) is 8.19. The van der Waals surface area contributed by atoms with Crippen molar-refractivity contribution in [1.82, 2.24) is 15.1 Å². The molecule has 1 saturated heterocycles. The van der Waals surface area contributed by atoms with E-state index in [0.29, 0.717) is 43.5 Å². The van der Waals surface area contributed by atoms with Crippen molar-refractivity contribution in [2.24, 2.45) is 0 Å². The first-order valence-electron chi connectivity index (χ1n) is 8.49. The van der Waals surface area contributed by atoms with Crippen LogP contribution < -0.4 is 5.32 Å². The lowest BCUT2D eigenvalue weighted by Gasteiger charge is -2.38. The third-order valence-corrected chi connectivity index (χ3v) is 5.23. The number of benzene rings is 1. The zero-order chi connectivity index (χ0) is 17.7. The number of aliphatic hydroxyl groups is 1. The number of nitrogens with one attached hydrogen (secondary N) is 1. The summed E-state index contributed by atoms with van der Waals surface area (Å²) in [7, 11) is 4.07. The van der Waals surface area contributed by atoms with Gasteiger partial charge in [-0.15, -0.1) is 0 Å². The highest BCUT2D eigenvalue weighted by atomic mass is 35.5. The van der Waals surface area contributed by atoms with Crippen LogP contribution in [0.5, 0.6) is 0 Å². The summed E-state index contributed by atoms with van der Waals surface area (Å²) < 4.78 is 0. The maximum absolute atomic E-state index is 12.2. The lowest BCUT2D eigenvalue weighted by Crippen LogP contribution is -2.49. The minimum absolute atomic E-state index is 0.0425. The van der Waals surface area contributed by atoms with E-state index in [9.17, 15) is 9.90 Å². The highest BCUT2D eigenvalue weighted by Crippen LogP contribution is 2.33. The van der Waals surface area contributed by atoms with Crippen molar-refractivity contribution in [3.05, 3.63) is 34.9 Å². The minimum atomic E-state index is -0.874. The maximum Gasteiger partial charge on any atom is 0.317 e. The van der Waals surface area contributed by atoms with Crippen molar-refractivity contribution in [2.75, 3.05) is 33.7 Å². The number of nitrogens with zero attached hydrogens (tertiary/aromatic N) is 2. The molecule has 134 valence electrons. The number of rotatable bonds is 5. The van der Waals surface area contributed by atoms with Crippen LogP contribution in [-0.4, -0.2) is 60.7 Å². The normalized spacial score (nSPS) is 18.5. The Morgan fingerprint density at radius 3 is 2.46 bits per heavy atom. The molecule has 1 heterocycles. The average Bonchev–Trinajstić information content (AvgIpc) is 2.55. The Bertz CT molecular complexity index is 540. The average molecular weight is 354 g/mol. The molecule has 5 nitrogen and oxygen atoms in total. The van der Waals surface area contributed by atoms with Crippen LogP contribution in [-0.2, 0) is 5.60 Å². The van der Waals surface area contributed by atoms with Crippen molar-refractivity contribution in [3.8, 4) is 0 Å². The largest absolute Gasteiger partial charge is 0.385 e. The van der Waals surface area contributed by atoms with Crippen molar-refractivity contribution < 1.29 is 9.90 Å². The van der Waals surface area contributed by atoms with Crippen LogP contribution in [0.25, 0.3) is 0 Å². The van der Waals surface area contributed by atoms with Gasteiger partial charge in [-0.1, -0.05) is 23.7 Å². The van der Waals surface area contributed by atoms with Crippen LogP contribution in [0.3, 0.4) is 0 Å². The fraction of sp³-hybridized carbons (Fsp3) is 0.611. The third-order valence-electron chi connectivity index (χ3n) is 4.98. The Balaban J connectivity index is 1.81. The van der Waals surface area contributed by atoms with E-state index >= 15 is 0 Å². The van der Waals surface area contributed by atoms with Crippen LogP contribution in [0.15, 0.2) is 24.3 Å². The molecule has 2 rings (SSSR count). The number of urea groups is 1. The van der Waals surface area contributed by atoms with Crippen LogP contribution in [0.1, 0.15) is 31.7 Å². The number of hydrogen-bond acceptors (Lipinski definition) is 3. The number of carbonyl (C=O) groups is 1. The molecule has 0 aliphatic carbocycles. The summed E-state index contributed by atoms with van der Waals surface area (Å²) in [4.78, 5) is 16.2. The number of amides is 2. The molecule has 0 spiro atoms. The van der Waals surface area contributed by atoms with E-state index in [1.165, 1.54) is 0 Å². The van der Waals surface area contributed by atoms with E-state index in [1.807, 2.05) is 26.2 Å². The standard InChI is InChI=1S/C18H28ClN3O2/c1-14(21(2)3)8-11-20-17(23)22-12-9-18(24,10-13-22)15-4-6-16(19)7-5-15/h4-7,14,24H,8-13H2,1-3H3,(H,20,23)/t14-/m0/s1. The lowest BCUT2D eigenvalue weighted by molar-refractivity contribution is -0.0168. The molecule has 2 amide bonds. The summed E-state index contributed by atoms with van der Waals surface area (Å²) in [6.45, 7) is 3.90. The van der Waals surface area contributed by atoms with E-state index in [-0.39, 0.29) is 6.03 Å². The molecule has 24 heavy (non-hydrogen) atoms. The van der Waals surface area contributed by atoms with Crippen molar-refractivity contribution in [3.63, 3.8) is 0 Å². The molecule has 0 aromatic heterocycles. The zero-order valence-corrected chi connectivity index (χ0v) is 15.5. The van der Waals surface area contributed by atoms with Gasteiger partial charge >= 0.3 is 6.03 Å². The number of carbonyl (C=O) groups excluding carboxylic acids is 1. The summed E-state index contributed by atoms with van der Waals surface area (Å²) in [6.07, 6.45) is 1.99.